The summed E-state index contributed by atoms with van der Waals surface area (Å²) in [6.07, 6.45) is 4.71. The zero-order valence-corrected chi connectivity index (χ0v) is 8.21. The van der Waals surface area contributed by atoms with E-state index in [1.807, 2.05) is 0 Å². The van der Waals surface area contributed by atoms with Crippen LogP contribution in [0.15, 0.2) is 41.6 Å². The molecule has 2 aromatic rings. The maximum absolute atomic E-state index is 11.2. The van der Waals surface area contributed by atoms with Gasteiger partial charge in [-0.05, 0) is 17.7 Å². The van der Waals surface area contributed by atoms with Crippen molar-refractivity contribution in [3.63, 3.8) is 0 Å². The van der Waals surface area contributed by atoms with Gasteiger partial charge in [-0.15, -0.1) is 0 Å². The fourth-order valence-electron chi connectivity index (χ4n) is 1.35. The lowest BCUT2D eigenvalue weighted by Crippen LogP contribution is -2.13. The number of rotatable bonds is 1. The second-order valence-electron chi connectivity index (χ2n) is 3.30. The monoisotopic (exact) mass is 202 g/mol. The first-order chi connectivity index (χ1) is 7.16. The molecule has 0 fully saturated rings. The van der Waals surface area contributed by atoms with Crippen molar-refractivity contribution in [3.05, 3.63) is 47.1 Å². The molecule has 2 aromatic heterocycles. The fourth-order valence-corrected chi connectivity index (χ4v) is 1.35. The molecule has 0 saturated carbocycles. The molecular formula is C11H10N2O2. The van der Waals surface area contributed by atoms with Gasteiger partial charge in [-0.2, -0.15) is 0 Å². The molecule has 0 saturated heterocycles. The Morgan fingerprint density at radius 2 is 2.07 bits per heavy atom. The first kappa shape index (κ1) is 9.45. The second kappa shape index (κ2) is 3.57. The standard InChI is InChI=1S/C11H10N2O2/c1-13-7-8(2-3-11(13)15)9-4-10(14)6-12-5-9/h2-7,14H,1H3. The molecule has 4 heteroatoms. The van der Waals surface area contributed by atoms with Crippen molar-refractivity contribution in [2.24, 2.45) is 7.05 Å². The summed E-state index contributed by atoms with van der Waals surface area (Å²) in [5.41, 5.74) is 1.57. The van der Waals surface area contributed by atoms with Gasteiger partial charge in [0.05, 0.1) is 6.20 Å². The lowest BCUT2D eigenvalue weighted by Gasteiger charge is -2.03. The first-order valence-corrected chi connectivity index (χ1v) is 4.48. The van der Waals surface area contributed by atoms with Crippen LogP contribution in [0, 0.1) is 0 Å². The van der Waals surface area contributed by atoms with Crippen LogP contribution in [0.5, 0.6) is 5.75 Å². The van der Waals surface area contributed by atoms with Crippen molar-refractivity contribution in [3.8, 4) is 16.9 Å². The molecule has 15 heavy (non-hydrogen) atoms. The van der Waals surface area contributed by atoms with Crippen molar-refractivity contribution < 1.29 is 5.11 Å². The highest BCUT2D eigenvalue weighted by molar-refractivity contribution is 5.62. The van der Waals surface area contributed by atoms with Crippen LogP contribution in [0.1, 0.15) is 0 Å². The summed E-state index contributed by atoms with van der Waals surface area (Å²) < 4.78 is 1.49. The molecule has 0 bridgehead atoms. The third-order valence-electron chi connectivity index (χ3n) is 2.14. The van der Waals surface area contributed by atoms with Crippen molar-refractivity contribution in [1.82, 2.24) is 9.55 Å². The molecule has 0 radical (unpaired) electrons. The second-order valence-corrected chi connectivity index (χ2v) is 3.30. The summed E-state index contributed by atoms with van der Waals surface area (Å²) in [5.74, 6) is 0.112. The van der Waals surface area contributed by atoms with Crippen LogP contribution in [-0.2, 0) is 7.05 Å². The Morgan fingerprint density at radius 3 is 2.73 bits per heavy atom. The molecule has 0 spiro atoms. The summed E-state index contributed by atoms with van der Waals surface area (Å²) in [6.45, 7) is 0. The maximum atomic E-state index is 11.2. The molecule has 0 atom stereocenters. The third kappa shape index (κ3) is 1.88. The summed E-state index contributed by atoms with van der Waals surface area (Å²) in [7, 11) is 1.68. The Kier molecular flexibility index (Phi) is 2.25. The zero-order chi connectivity index (χ0) is 10.8. The van der Waals surface area contributed by atoms with Crippen molar-refractivity contribution in [2.75, 3.05) is 0 Å². The van der Waals surface area contributed by atoms with Crippen molar-refractivity contribution in [1.29, 1.82) is 0 Å². The number of aryl methyl sites for hydroxylation is 1. The van der Waals surface area contributed by atoms with E-state index in [-0.39, 0.29) is 11.3 Å². The predicted molar refractivity (Wildman–Crippen MR) is 56.6 cm³/mol. The number of nitrogens with zero attached hydrogens (tertiary/aromatic N) is 2. The number of aromatic hydroxyl groups is 1. The van der Waals surface area contributed by atoms with Crippen LogP contribution in [0.25, 0.3) is 11.1 Å². The van der Waals surface area contributed by atoms with E-state index < -0.39 is 0 Å². The number of aromatic nitrogens is 2. The Morgan fingerprint density at radius 1 is 1.27 bits per heavy atom. The maximum Gasteiger partial charge on any atom is 0.250 e. The van der Waals surface area contributed by atoms with E-state index in [9.17, 15) is 9.90 Å². The summed E-state index contributed by atoms with van der Waals surface area (Å²) in [6, 6.07) is 4.80. The Hall–Kier alpha value is -2.10. The fraction of sp³-hybridized carbons (Fsp3) is 0.0909. The quantitative estimate of drug-likeness (QED) is 0.754. The molecule has 0 amide bonds. The van der Waals surface area contributed by atoms with E-state index in [4.69, 9.17) is 0 Å². The van der Waals surface area contributed by atoms with Gasteiger partial charge in [0.15, 0.2) is 0 Å². The van der Waals surface area contributed by atoms with E-state index in [1.165, 1.54) is 16.8 Å². The van der Waals surface area contributed by atoms with E-state index in [0.29, 0.717) is 0 Å². The van der Waals surface area contributed by atoms with Crippen LogP contribution in [0.2, 0.25) is 0 Å². The van der Waals surface area contributed by atoms with Gasteiger partial charge in [-0.25, -0.2) is 0 Å². The van der Waals surface area contributed by atoms with Gasteiger partial charge in [0.1, 0.15) is 5.75 Å². The first-order valence-electron chi connectivity index (χ1n) is 4.48. The molecule has 1 N–H and O–H groups in total. The van der Waals surface area contributed by atoms with Crippen LogP contribution < -0.4 is 5.56 Å². The molecule has 0 aliphatic carbocycles. The lowest BCUT2D eigenvalue weighted by atomic mass is 10.1. The number of pyridine rings is 2. The highest BCUT2D eigenvalue weighted by atomic mass is 16.3. The Labute approximate surface area is 86.5 Å². The number of hydrogen-bond donors (Lipinski definition) is 1. The van der Waals surface area contributed by atoms with Gasteiger partial charge in [-0.3, -0.25) is 9.78 Å². The van der Waals surface area contributed by atoms with Gasteiger partial charge in [0.25, 0.3) is 0 Å². The van der Waals surface area contributed by atoms with E-state index >= 15 is 0 Å². The van der Waals surface area contributed by atoms with Gasteiger partial charge in [-0.1, -0.05) is 0 Å². The largest absolute Gasteiger partial charge is 0.506 e. The molecule has 0 aliphatic rings. The van der Waals surface area contributed by atoms with Gasteiger partial charge < -0.3 is 9.67 Å². The molecule has 0 aromatic carbocycles. The van der Waals surface area contributed by atoms with Gasteiger partial charge >= 0.3 is 0 Å². The third-order valence-corrected chi connectivity index (χ3v) is 2.14. The van der Waals surface area contributed by atoms with E-state index in [0.717, 1.165) is 11.1 Å². The topological polar surface area (TPSA) is 55.1 Å². The van der Waals surface area contributed by atoms with Crippen molar-refractivity contribution in [2.45, 2.75) is 0 Å². The SMILES string of the molecule is Cn1cc(-c2cncc(O)c2)ccc1=O. The molecular weight excluding hydrogens is 192 g/mol. The molecule has 4 nitrogen and oxygen atoms in total. The summed E-state index contributed by atoms with van der Waals surface area (Å²) in [5, 5.41) is 9.27. The van der Waals surface area contributed by atoms with E-state index in [1.54, 1.807) is 31.6 Å². The van der Waals surface area contributed by atoms with Crippen molar-refractivity contribution >= 4 is 0 Å². The average Bonchev–Trinajstić information content (AvgIpc) is 2.22. The molecule has 2 heterocycles. The molecule has 0 aliphatic heterocycles. The minimum Gasteiger partial charge on any atom is -0.506 e. The van der Waals surface area contributed by atoms with Crippen LogP contribution in [0.3, 0.4) is 0 Å². The van der Waals surface area contributed by atoms with Crippen LogP contribution >= 0.6 is 0 Å². The smallest absolute Gasteiger partial charge is 0.250 e. The van der Waals surface area contributed by atoms with Crippen LogP contribution in [-0.4, -0.2) is 14.7 Å². The molecule has 0 unspecified atom stereocenters. The van der Waals surface area contributed by atoms with Gasteiger partial charge in [0.2, 0.25) is 5.56 Å². The molecule has 2 rings (SSSR count). The average molecular weight is 202 g/mol. The highest BCUT2D eigenvalue weighted by Crippen LogP contribution is 2.20. The predicted octanol–water partition coefficient (Wildman–Crippen LogP) is 1.15. The summed E-state index contributed by atoms with van der Waals surface area (Å²) >= 11 is 0. The number of hydrogen-bond acceptors (Lipinski definition) is 3. The van der Waals surface area contributed by atoms with E-state index in [2.05, 4.69) is 4.98 Å². The summed E-state index contributed by atoms with van der Waals surface area (Å²) in [4.78, 5) is 15.0. The Balaban J connectivity index is 2.55. The van der Waals surface area contributed by atoms with Crippen LogP contribution in [0.4, 0.5) is 0 Å². The highest BCUT2D eigenvalue weighted by Gasteiger charge is 2.00. The minimum absolute atomic E-state index is 0.0631. The zero-order valence-electron chi connectivity index (χ0n) is 8.21. The van der Waals surface area contributed by atoms with Gasteiger partial charge in [0, 0.05) is 31.1 Å². The molecule has 76 valence electrons. The normalized spacial score (nSPS) is 10.2. The lowest BCUT2D eigenvalue weighted by molar-refractivity contribution is 0.473. The minimum atomic E-state index is -0.0631. The Bertz CT molecular complexity index is 546.